The van der Waals surface area contributed by atoms with E-state index in [9.17, 15) is 38.4 Å². The molecule has 2 aromatic rings. The second kappa shape index (κ2) is 19.1. The first-order valence-electron chi connectivity index (χ1n) is 18.8. The van der Waals surface area contributed by atoms with Crippen molar-refractivity contribution in [1.29, 1.82) is 0 Å². The van der Waals surface area contributed by atoms with Crippen molar-refractivity contribution in [3.8, 4) is 11.1 Å². The number of ether oxygens (including phenoxy) is 4. The van der Waals surface area contributed by atoms with Crippen LogP contribution in [0.15, 0.2) is 48.5 Å². The Morgan fingerprint density at radius 2 is 1.28 bits per heavy atom. The highest BCUT2D eigenvalue weighted by atomic mass is 32.1. The van der Waals surface area contributed by atoms with E-state index in [1.54, 1.807) is 62.4 Å². The zero-order valence-corrected chi connectivity index (χ0v) is 33.2. The van der Waals surface area contributed by atoms with Gasteiger partial charge in [-0.2, -0.15) is 12.6 Å². The van der Waals surface area contributed by atoms with Gasteiger partial charge in [-0.15, -0.1) is 0 Å². The fourth-order valence-corrected chi connectivity index (χ4v) is 7.86. The molecule has 0 aromatic heterocycles. The number of esters is 2. The van der Waals surface area contributed by atoms with Crippen molar-refractivity contribution in [2.45, 2.75) is 87.8 Å². The van der Waals surface area contributed by atoms with E-state index in [0.717, 1.165) is 11.1 Å². The Morgan fingerprint density at radius 1 is 0.737 bits per heavy atom. The van der Waals surface area contributed by atoms with Gasteiger partial charge in [0.25, 0.3) is 0 Å². The molecule has 3 saturated heterocycles. The quantitative estimate of drug-likeness (QED) is 0.115. The van der Waals surface area contributed by atoms with Gasteiger partial charge >= 0.3 is 24.1 Å². The van der Waals surface area contributed by atoms with E-state index in [1.807, 2.05) is 0 Å². The first-order chi connectivity index (χ1) is 27.2. The van der Waals surface area contributed by atoms with Gasteiger partial charge in [0.1, 0.15) is 24.2 Å². The van der Waals surface area contributed by atoms with Gasteiger partial charge in [-0.05, 0) is 55.6 Å². The lowest BCUT2D eigenvalue weighted by molar-refractivity contribution is -0.154. The highest BCUT2D eigenvalue weighted by Gasteiger charge is 2.48. The maximum Gasteiger partial charge on any atom is 0.407 e. The van der Waals surface area contributed by atoms with Crippen LogP contribution in [0, 0.1) is 5.92 Å². The van der Waals surface area contributed by atoms with E-state index in [-0.39, 0.29) is 17.2 Å². The first kappa shape index (κ1) is 42.7. The number of nitrogens with zero attached hydrogens (tertiary/aromatic N) is 2. The number of likely N-dealkylation sites (tertiary alicyclic amines) is 1. The number of ketones is 2. The fourth-order valence-electron chi connectivity index (χ4n) is 7.42. The third kappa shape index (κ3) is 10.1. The second-order valence-electron chi connectivity index (χ2n) is 14.5. The van der Waals surface area contributed by atoms with Crippen LogP contribution in [0.25, 0.3) is 11.1 Å². The monoisotopic (exact) mass is 808 g/mol. The van der Waals surface area contributed by atoms with Crippen molar-refractivity contribution < 1.29 is 57.3 Å². The van der Waals surface area contributed by atoms with Crippen LogP contribution in [0.2, 0.25) is 0 Å². The maximum absolute atomic E-state index is 13.4. The summed E-state index contributed by atoms with van der Waals surface area (Å²) in [6, 6.07) is 9.34. The molecule has 2 aromatic carbocycles. The lowest BCUT2D eigenvalue weighted by Gasteiger charge is -2.31. The highest BCUT2D eigenvalue weighted by Crippen LogP contribution is 2.35. The normalized spacial score (nSPS) is 22.1. The van der Waals surface area contributed by atoms with Crippen LogP contribution in [0.5, 0.6) is 0 Å². The third-order valence-electron chi connectivity index (χ3n) is 10.6. The van der Waals surface area contributed by atoms with E-state index in [0.29, 0.717) is 56.2 Å². The molecule has 6 atom stereocenters. The molecule has 6 unspecified atom stereocenters. The summed E-state index contributed by atoms with van der Waals surface area (Å²) in [5, 5.41) is 4.85. The molecule has 4 amide bonds. The number of fused-ring (bicyclic) bond motifs is 1. The van der Waals surface area contributed by atoms with Crippen LogP contribution in [-0.4, -0.2) is 127 Å². The molecule has 3 aliphatic heterocycles. The van der Waals surface area contributed by atoms with Crippen LogP contribution in [-0.2, 0) is 38.1 Å². The number of carbonyl (C=O) groups is 8. The number of nitrogens with one attached hydrogen (secondary N) is 2. The van der Waals surface area contributed by atoms with Gasteiger partial charge in [0, 0.05) is 29.0 Å². The minimum atomic E-state index is -0.913. The molecule has 3 fully saturated rings. The summed E-state index contributed by atoms with van der Waals surface area (Å²) >= 11 is 4.65. The number of Topliss-reactive ketones (excluding diaryl/α,β-unsaturated/α-hetero) is 2. The number of hydrogen-bond donors (Lipinski definition) is 3. The Balaban J connectivity index is 1.12. The van der Waals surface area contributed by atoms with Gasteiger partial charge in [0.15, 0.2) is 24.8 Å². The molecule has 17 heteroatoms. The van der Waals surface area contributed by atoms with Crippen molar-refractivity contribution in [2.75, 3.05) is 34.0 Å². The fraction of sp³-hybridized carbons (Fsp3) is 0.500. The molecule has 3 heterocycles. The Morgan fingerprint density at radius 3 is 1.81 bits per heavy atom. The molecule has 0 spiro atoms. The number of carbonyl (C=O) groups excluding carboxylic acids is 8. The molecular formula is C40H48N4O12S. The zero-order valence-electron chi connectivity index (χ0n) is 32.3. The Labute approximate surface area is 335 Å². The van der Waals surface area contributed by atoms with Crippen molar-refractivity contribution in [3.63, 3.8) is 0 Å². The molecular weight excluding hydrogens is 761 g/mol. The first-order valence-corrected chi connectivity index (χ1v) is 19.4. The van der Waals surface area contributed by atoms with Crippen molar-refractivity contribution in [3.05, 3.63) is 59.7 Å². The van der Waals surface area contributed by atoms with Gasteiger partial charge in [0.05, 0.1) is 14.2 Å². The van der Waals surface area contributed by atoms with Crippen molar-refractivity contribution >= 4 is 60.1 Å². The van der Waals surface area contributed by atoms with E-state index in [2.05, 4.69) is 32.7 Å². The standard InChI is InChI=1S/C40H48N4O12S/c1-22(2)34(42-40(52)54-4)36(48)43-19-5-6-29(43)37(49)55-20-31(45)25-11-7-23(8-12-25)24-9-13-26(14-10-24)32(46)21-56-38(50)30-17-16-28-33(57)18-15-27(35(47)44(28)30)41-39(51)53-3/h7-14,22,27-30,33-34,57H,5-6,15-21H2,1-4H3,(H,41,51)(H,42,52). The van der Waals surface area contributed by atoms with Gasteiger partial charge in [0.2, 0.25) is 11.8 Å². The molecule has 0 aliphatic carbocycles. The molecule has 16 nitrogen and oxygen atoms in total. The number of rotatable bonds is 13. The smallest absolute Gasteiger partial charge is 0.407 e. The summed E-state index contributed by atoms with van der Waals surface area (Å²) in [5.41, 5.74) is 2.09. The summed E-state index contributed by atoms with van der Waals surface area (Å²) in [6.07, 6.45) is 1.18. The Bertz CT molecular complexity index is 1850. The number of benzene rings is 2. The minimum Gasteiger partial charge on any atom is -0.456 e. The molecule has 2 N–H and O–H groups in total. The largest absolute Gasteiger partial charge is 0.456 e. The van der Waals surface area contributed by atoms with E-state index < -0.39 is 84.9 Å². The van der Waals surface area contributed by atoms with Gasteiger partial charge in [-0.1, -0.05) is 62.4 Å². The SMILES string of the molecule is COC(=O)NC1CCC(S)C2CCC(C(=O)OCC(=O)c3ccc(-c4ccc(C(=O)COC(=O)C5CCCN5C(=O)C(NC(=O)OC)C(C)C)cc4)cc3)N2C1=O. The lowest BCUT2D eigenvalue weighted by atomic mass is 10.0. The number of methoxy groups -OCH3 is 2. The van der Waals surface area contributed by atoms with E-state index >= 15 is 0 Å². The van der Waals surface area contributed by atoms with Crippen LogP contribution in [0.4, 0.5) is 9.59 Å². The topological polar surface area (TPSA) is 204 Å². The molecule has 0 radical (unpaired) electrons. The maximum atomic E-state index is 13.4. The number of thiol groups is 1. The summed E-state index contributed by atoms with van der Waals surface area (Å²) < 4.78 is 20.0. The van der Waals surface area contributed by atoms with Crippen molar-refractivity contribution in [1.82, 2.24) is 20.4 Å². The van der Waals surface area contributed by atoms with Crippen LogP contribution < -0.4 is 10.6 Å². The van der Waals surface area contributed by atoms with Crippen LogP contribution in [0.3, 0.4) is 0 Å². The van der Waals surface area contributed by atoms with Gasteiger partial charge in [-0.3, -0.25) is 19.2 Å². The molecule has 0 bridgehead atoms. The minimum absolute atomic E-state index is 0.200. The molecule has 5 rings (SSSR count). The molecule has 306 valence electrons. The summed E-state index contributed by atoms with van der Waals surface area (Å²) in [5.74, 6) is -3.41. The number of amides is 4. The average molecular weight is 809 g/mol. The van der Waals surface area contributed by atoms with E-state index in [4.69, 9.17) is 9.47 Å². The van der Waals surface area contributed by atoms with Gasteiger partial charge < -0.3 is 39.4 Å². The third-order valence-corrected chi connectivity index (χ3v) is 11.2. The predicted octanol–water partition coefficient (Wildman–Crippen LogP) is 3.35. The van der Waals surface area contributed by atoms with Crippen LogP contribution >= 0.6 is 12.6 Å². The van der Waals surface area contributed by atoms with Gasteiger partial charge in [-0.25, -0.2) is 19.2 Å². The lowest BCUT2D eigenvalue weighted by Crippen LogP contribution is -2.54. The van der Waals surface area contributed by atoms with Crippen molar-refractivity contribution in [2.24, 2.45) is 5.92 Å². The molecule has 0 saturated carbocycles. The number of alkyl carbamates (subject to hydrolysis) is 2. The summed E-state index contributed by atoms with van der Waals surface area (Å²) in [6.45, 7) is 2.78. The Hall–Kier alpha value is -5.45. The zero-order chi connectivity index (χ0) is 41.4. The summed E-state index contributed by atoms with van der Waals surface area (Å²) in [4.78, 5) is 105. The molecule has 3 aliphatic rings. The average Bonchev–Trinajstić information content (AvgIpc) is 3.88. The summed E-state index contributed by atoms with van der Waals surface area (Å²) in [7, 11) is 2.39. The van der Waals surface area contributed by atoms with E-state index in [1.165, 1.54) is 24.0 Å². The highest BCUT2D eigenvalue weighted by molar-refractivity contribution is 7.81. The van der Waals surface area contributed by atoms with Crippen LogP contribution in [0.1, 0.15) is 73.1 Å². The Kier molecular flexibility index (Phi) is 14.3. The molecule has 57 heavy (non-hydrogen) atoms. The predicted molar refractivity (Wildman–Crippen MR) is 206 cm³/mol. The second-order valence-corrected chi connectivity index (χ2v) is 15.2. The number of hydrogen-bond acceptors (Lipinski definition) is 13.